The van der Waals surface area contributed by atoms with Crippen molar-refractivity contribution in [2.24, 2.45) is 0 Å². The van der Waals surface area contributed by atoms with Gasteiger partial charge in [-0.05, 0) is 50.1 Å². The molecule has 2 aromatic carbocycles. The van der Waals surface area contributed by atoms with Gasteiger partial charge in [0.05, 0.1) is 0 Å². The van der Waals surface area contributed by atoms with Crippen LogP contribution in [0.1, 0.15) is 16.7 Å². The van der Waals surface area contributed by atoms with Gasteiger partial charge < -0.3 is 10.6 Å². The van der Waals surface area contributed by atoms with Crippen molar-refractivity contribution in [2.75, 3.05) is 10.6 Å². The lowest BCUT2D eigenvalue weighted by Gasteiger charge is -2.11. The van der Waals surface area contributed by atoms with Gasteiger partial charge in [0, 0.05) is 16.4 Å². The number of hydrogen-bond donors (Lipinski definition) is 2. The topological polar surface area (TPSA) is 58.2 Å². The van der Waals surface area contributed by atoms with E-state index in [1.54, 1.807) is 24.3 Å². The van der Waals surface area contributed by atoms with Gasteiger partial charge in [0.1, 0.15) is 0 Å². The van der Waals surface area contributed by atoms with Crippen LogP contribution in [0.5, 0.6) is 0 Å². The van der Waals surface area contributed by atoms with Gasteiger partial charge in [-0.3, -0.25) is 9.59 Å². The summed E-state index contributed by atoms with van der Waals surface area (Å²) in [5.74, 6) is -1.45. The Morgan fingerprint density at radius 1 is 0.818 bits per heavy atom. The van der Waals surface area contributed by atoms with E-state index in [0.717, 1.165) is 16.7 Å². The number of anilines is 2. The fraction of sp³-hybridized carbons (Fsp3) is 0.176. The van der Waals surface area contributed by atoms with E-state index in [1.807, 2.05) is 32.9 Å². The lowest BCUT2D eigenvalue weighted by Crippen LogP contribution is -2.29. The number of halogens is 1. The summed E-state index contributed by atoms with van der Waals surface area (Å²) in [6, 6.07) is 10.7. The van der Waals surface area contributed by atoms with E-state index in [0.29, 0.717) is 16.4 Å². The van der Waals surface area contributed by atoms with Crippen LogP contribution in [-0.4, -0.2) is 11.8 Å². The van der Waals surface area contributed by atoms with E-state index in [-0.39, 0.29) is 0 Å². The third-order valence-corrected chi connectivity index (χ3v) is 3.52. The van der Waals surface area contributed by atoms with E-state index >= 15 is 0 Å². The molecule has 2 aromatic rings. The average Bonchev–Trinajstić information content (AvgIpc) is 2.45. The average molecular weight is 317 g/mol. The van der Waals surface area contributed by atoms with Gasteiger partial charge >= 0.3 is 11.8 Å². The first-order valence-corrected chi connectivity index (χ1v) is 7.20. The fourth-order valence-electron chi connectivity index (χ4n) is 2.04. The summed E-state index contributed by atoms with van der Waals surface area (Å²) in [7, 11) is 0. The number of nitrogens with one attached hydrogen (secondary N) is 2. The van der Waals surface area contributed by atoms with Crippen LogP contribution < -0.4 is 10.6 Å². The highest BCUT2D eigenvalue weighted by molar-refractivity contribution is 6.44. The number of benzene rings is 2. The van der Waals surface area contributed by atoms with Gasteiger partial charge in [0.15, 0.2) is 0 Å². The maximum absolute atomic E-state index is 12.0. The van der Waals surface area contributed by atoms with Gasteiger partial charge in [0.25, 0.3) is 0 Å². The molecule has 0 heterocycles. The molecule has 0 saturated heterocycles. The van der Waals surface area contributed by atoms with Gasteiger partial charge in [0.2, 0.25) is 0 Å². The molecular weight excluding hydrogens is 300 g/mol. The second kappa shape index (κ2) is 6.62. The summed E-state index contributed by atoms with van der Waals surface area (Å²) in [4.78, 5) is 24.0. The Bertz CT molecular complexity index is 741. The zero-order valence-electron chi connectivity index (χ0n) is 12.7. The van der Waals surface area contributed by atoms with Crippen LogP contribution in [0.4, 0.5) is 11.4 Å². The normalized spacial score (nSPS) is 10.2. The Balaban J connectivity index is 2.09. The molecule has 2 amide bonds. The molecule has 0 bridgehead atoms. The standard InChI is InChI=1S/C17H17ClN2O2/c1-10-4-7-14(12(3)8-10)19-16(21)17(22)20-15-9-13(18)6-5-11(15)2/h4-9H,1-3H3,(H,19,21)(H,20,22). The minimum Gasteiger partial charge on any atom is -0.318 e. The fourth-order valence-corrected chi connectivity index (χ4v) is 2.21. The highest BCUT2D eigenvalue weighted by Crippen LogP contribution is 2.20. The SMILES string of the molecule is Cc1ccc(NC(=O)C(=O)Nc2cc(Cl)ccc2C)c(C)c1. The van der Waals surface area contributed by atoms with E-state index < -0.39 is 11.8 Å². The molecule has 4 nitrogen and oxygen atoms in total. The van der Waals surface area contributed by atoms with E-state index in [1.165, 1.54) is 0 Å². The highest BCUT2D eigenvalue weighted by Gasteiger charge is 2.16. The first kappa shape index (κ1) is 16.0. The Morgan fingerprint density at radius 3 is 2.09 bits per heavy atom. The Labute approximate surface area is 134 Å². The molecular formula is C17H17ClN2O2. The predicted molar refractivity (Wildman–Crippen MR) is 89.4 cm³/mol. The maximum atomic E-state index is 12.0. The molecule has 0 radical (unpaired) electrons. The summed E-state index contributed by atoms with van der Waals surface area (Å²) in [5.41, 5.74) is 3.97. The summed E-state index contributed by atoms with van der Waals surface area (Å²) in [6.45, 7) is 5.67. The van der Waals surface area contributed by atoms with Crippen molar-refractivity contribution in [1.29, 1.82) is 0 Å². The molecule has 5 heteroatoms. The van der Waals surface area contributed by atoms with Crippen LogP contribution in [-0.2, 0) is 9.59 Å². The van der Waals surface area contributed by atoms with Crippen LogP contribution in [0.25, 0.3) is 0 Å². The van der Waals surface area contributed by atoms with Gasteiger partial charge in [-0.25, -0.2) is 0 Å². The van der Waals surface area contributed by atoms with Crippen LogP contribution >= 0.6 is 11.6 Å². The van der Waals surface area contributed by atoms with Gasteiger partial charge in [-0.2, -0.15) is 0 Å². The van der Waals surface area contributed by atoms with Crippen molar-refractivity contribution in [3.05, 3.63) is 58.1 Å². The Hall–Kier alpha value is -2.33. The van der Waals surface area contributed by atoms with Crippen molar-refractivity contribution < 1.29 is 9.59 Å². The lowest BCUT2D eigenvalue weighted by atomic mass is 10.1. The molecule has 0 aliphatic heterocycles. The summed E-state index contributed by atoms with van der Waals surface area (Å²) >= 11 is 5.89. The predicted octanol–water partition coefficient (Wildman–Crippen LogP) is 3.84. The summed E-state index contributed by atoms with van der Waals surface area (Å²) in [5, 5.41) is 5.67. The lowest BCUT2D eigenvalue weighted by molar-refractivity contribution is -0.133. The molecule has 0 atom stereocenters. The summed E-state index contributed by atoms with van der Waals surface area (Å²) in [6.07, 6.45) is 0. The number of amides is 2. The smallest absolute Gasteiger partial charge is 0.314 e. The molecule has 22 heavy (non-hydrogen) atoms. The van der Waals surface area contributed by atoms with Crippen LogP contribution in [0, 0.1) is 20.8 Å². The molecule has 0 saturated carbocycles. The zero-order chi connectivity index (χ0) is 16.3. The molecule has 2 rings (SSSR count). The van der Waals surface area contributed by atoms with Gasteiger partial charge in [-0.1, -0.05) is 35.4 Å². The molecule has 0 aliphatic rings. The second-order valence-corrected chi connectivity index (χ2v) is 5.62. The third kappa shape index (κ3) is 3.86. The highest BCUT2D eigenvalue weighted by atomic mass is 35.5. The largest absolute Gasteiger partial charge is 0.318 e. The number of aryl methyl sites for hydroxylation is 3. The van der Waals surface area contributed by atoms with Crippen LogP contribution in [0.3, 0.4) is 0 Å². The van der Waals surface area contributed by atoms with Crippen LogP contribution in [0.15, 0.2) is 36.4 Å². The number of carbonyl (C=O) groups is 2. The summed E-state index contributed by atoms with van der Waals surface area (Å²) < 4.78 is 0. The molecule has 114 valence electrons. The van der Waals surface area contributed by atoms with Crippen LogP contribution in [0.2, 0.25) is 5.02 Å². The minimum atomic E-state index is -0.731. The van der Waals surface area contributed by atoms with E-state index in [2.05, 4.69) is 10.6 Å². The quantitative estimate of drug-likeness (QED) is 0.827. The molecule has 0 aromatic heterocycles. The van der Waals surface area contributed by atoms with Crippen molar-refractivity contribution >= 4 is 34.8 Å². The van der Waals surface area contributed by atoms with Crippen molar-refractivity contribution in [1.82, 2.24) is 0 Å². The van der Waals surface area contributed by atoms with Crippen molar-refractivity contribution in [3.8, 4) is 0 Å². The minimum absolute atomic E-state index is 0.496. The number of carbonyl (C=O) groups excluding carboxylic acids is 2. The third-order valence-electron chi connectivity index (χ3n) is 3.28. The Morgan fingerprint density at radius 2 is 1.45 bits per heavy atom. The first-order valence-electron chi connectivity index (χ1n) is 6.82. The molecule has 2 N–H and O–H groups in total. The second-order valence-electron chi connectivity index (χ2n) is 5.19. The number of hydrogen-bond acceptors (Lipinski definition) is 2. The van der Waals surface area contributed by atoms with Gasteiger partial charge in [-0.15, -0.1) is 0 Å². The maximum Gasteiger partial charge on any atom is 0.314 e. The Kier molecular flexibility index (Phi) is 4.83. The molecule has 0 fully saturated rings. The van der Waals surface area contributed by atoms with Crippen molar-refractivity contribution in [2.45, 2.75) is 20.8 Å². The monoisotopic (exact) mass is 316 g/mol. The van der Waals surface area contributed by atoms with E-state index in [4.69, 9.17) is 11.6 Å². The zero-order valence-corrected chi connectivity index (χ0v) is 13.4. The van der Waals surface area contributed by atoms with Crippen molar-refractivity contribution in [3.63, 3.8) is 0 Å². The molecule has 0 spiro atoms. The van der Waals surface area contributed by atoms with E-state index in [9.17, 15) is 9.59 Å². The molecule has 0 unspecified atom stereocenters. The molecule has 0 aliphatic carbocycles. The number of rotatable bonds is 2. The first-order chi connectivity index (χ1) is 10.4.